The zero-order valence-electron chi connectivity index (χ0n) is 14.3. The number of rotatable bonds is 9. The van der Waals surface area contributed by atoms with Gasteiger partial charge < -0.3 is 20.1 Å². The number of aryl methyl sites for hydroxylation is 1. The Kier molecular flexibility index (Phi) is 9.14. The Labute approximate surface area is 139 Å². The molecule has 0 radical (unpaired) electrons. The van der Waals surface area contributed by atoms with E-state index in [0.29, 0.717) is 13.2 Å². The van der Waals surface area contributed by atoms with Gasteiger partial charge in [-0.05, 0) is 44.4 Å². The molecule has 0 heterocycles. The molecule has 0 aliphatic carbocycles. The molecule has 23 heavy (non-hydrogen) atoms. The maximum atomic E-state index is 5.60. The van der Waals surface area contributed by atoms with Gasteiger partial charge >= 0.3 is 0 Å². The Bertz CT molecular complexity index is 536. The van der Waals surface area contributed by atoms with Crippen molar-refractivity contribution < 1.29 is 9.47 Å². The van der Waals surface area contributed by atoms with Crippen molar-refractivity contribution >= 4 is 5.96 Å². The molecule has 1 rings (SSSR count). The van der Waals surface area contributed by atoms with Crippen molar-refractivity contribution in [2.75, 3.05) is 33.4 Å². The van der Waals surface area contributed by atoms with Crippen molar-refractivity contribution in [1.82, 2.24) is 10.6 Å². The van der Waals surface area contributed by atoms with Gasteiger partial charge in [0, 0.05) is 13.1 Å². The number of terminal acetylenes is 1. The monoisotopic (exact) mass is 317 g/mol. The van der Waals surface area contributed by atoms with E-state index in [1.54, 1.807) is 7.11 Å². The van der Waals surface area contributed by atoms with E-state index in [1.165, 1.54) is 5.56 Å². The van der Waals surface area contributed by atoms with Gasteiger partial charge in [-0.2, -0.15) is 0 Å². The summed E-state index contributed by atoms with van der Waals surface area (Å²) in [4.78, 5) is 4.50. The number of methoxy groups -OCH3 is 1. The molecule has 0 fully saturated rings. The molecule has 0 amide bonds. The van der Waals surface area contributed by atoms with E-state index >= 15 is 0 Å². The fourth-order valence-electron chi connectivity index (χ4n) is 2.10. The fourth-order valence-corrected chi connectivity index (χ4v) is 2.10. The van der Waals surface area contributed by atoms with Crippen LogP contribution in [0.1, 0.15) is 25.8 Å². The molecule has 0 aliphatic heterocycles. The van der Waals surface area contributed by atoms with E-state index in [1.807, 2.05) is 26.0 Å². The van der Waals surface area contributed by atoms with Crippen LogP contribution in [0.3, 0.4) is 0 Å². The molecule has 5 nitrogen and oxygen atoms in total. The lowest BCUT2D eigenvalue weighted by atomic mass is 10.1. The van der Waals surface area contributed by atoms with Crippen LogP contribution in [-0.2, 0) is 6.42 Å². The van der Waals surface area contributed by atoms with Crippen molar-refractivity contribution in [2.24, 2.45) is 4.99 Å². The van der Waals surface area contributed by atoms with Crippen LogP contribution in [0.5, 0.6) is 11.5 Å². The number of benzene rings is 1. The Morgan fingerprint density at radius 1 is 1.26 bits per heavy atom. The van der Waals surface area contributed by atoms with Crippen LogP contribution in [0, 0.1) is 12.3 Å². The third kappa shape index (κ3) is 6.96. The number of hydrogen-bond acceptors (Lipinski definition) is 3. The van der Waals surface area contributed by atoms with Gasteiger partial charge in [-0.3, -0.25) is 4.99 Å². The van der Waals surface area contributed by atoms with Crippen LogP contribution >= 0.6 is 0 Å². The van der Waals surface area contributed by atoms with Crippen LogP contribution in [0.2, 0.25) is 0 Å². The van der Waals surface area contributed by atoms with Gasteiger partial charge in [0.15, 0.2) is 17.5 Å². The van der Waals surface area contributed by atoms with Gasteiger partial charge in [0.1, 0.15) is 0 Å². The first-order valence-electron chi connectivity index (χ1n) is 8.00. The van der Waals surface area contributed by atoms with E-state index in [-0.39, 0.29) is 0 Å². The minimum Gasteiger partial charge on any atom is -0.493 e. The quantitative estimate of drug-likeness (QED) is 0.317. The zero-order valence-corrected chi connectivity index (χ0v) is 14.3. The Balaban J connectivity index is 2.54. The van der Waals surface area contributed by atoms with Crippen molar-refractivity contribution in [1.29, 1.82) is 0 Å². The van der Waals surface area contributed by atoms with Crippen LogP contribution in [0.4, 0.5) is 0 Å². The molecule has 1 aromatic carbocycles. The third-order valence-corrected chi connectivity index (χ3v) is 3.12. The molecule has 0 bridgehead atoms. The first-order chi connectivity index (χ1) is 11.2. The molecule has 0 aliphatic rings. The first-order valence-corrected chi connectivity index (χ1v) is 8.00. The second-order valence-corrected chi connectivity index (χ2v) is 4.84. The highest BCUT2D eigenvalue weighted by atomic mass is 16.5. The summed E-state index contributed by atoms with van der Waals surface area (Å²) in [6.07, 6.45) is 7.13. The third-order valence-electron chi connectivity index (χ3n) is 3.12. The second-order valence-electron chi connectivity index (χ2n) is 4.84. The Morgan fingerprint density at radius 2 is 2.09 bits per heavy atom. The van der Waals surface area contributed by atoms with Crippen LogP contribution in [0.15, 0.2) is 23.2 Å². The van der Waals surface area contributed by atoms with Crippen molar-refractivity contribution in [3.63, 3.8) is 0 Å². The Morgan fingerprint density at radius 3 is 2.74 bits per heavy atom. The molecular formula is C18H27N3O2. The van der Waals surface area contributed by atoms with Gasteiger partial charge in [0.25, 0.3) is 0 Å². The maximum absolute atomic E-state index is 5.60. The molecule has 0 atom stereocenters. The molecule has 0 spiro atoms. The van der Waals surface area contributed by atoms with E-state index in [2.05, 4.69) is 27.6 Å². The molecule has 0 saturated heterocycles. The van der Waals surface area contributed by atoms with E-state index in [0.717, 1.165) is 43.4 Å². The van der Waals surface area contributed by atoms with Crippen LogP contribution in [0.25, 0.3) is 0 Å². The minimum atomic E-state index is 0.474. The normalized spacial score (nSPS) is 10.8. The average Bonchev–Trinajstić information content (AvgIpc) is 2.57. The number of aliphatic imine (C=N–C) groups is 1. The van der Waals surface area contributed by atoms with Gasteiger partial charge in [-0.15, -0.1) is 6.42 Å². The molecule has 0 saturated carbocycles. The van der Waals surface area contributed by atoms with Gasteiger partial charge in [-0.25, -0.2) is 0 Å². The lowest BCUT2D eigenvalue weighted by molar-refractivity contribution is 0.310. The topological polar surface area (TPSA) is 54.9 Å². The van der Waals surface area contributed by atoms with E-state index in [4.69, 9.17) is 15.9 Å². The number of guanidine groups is 1. The summed E-state index contributed by atoms with van der Waals surface area (Å²) in [5.74, 6) is 4.86. The number of hydrogen-bond donors (Lipinski definition) is 2. The molecule has 2 N–H and O–H groups in total. The summed E-state index contributed by atoms with van der Waals surface area (Å²) in [5.41, 5.74) is 1.21. The summed E-state index contributed by atoms with van der Waals surface area (Å²) in [6, 6.07) is 6.04. The lowest BCUT2D eigenvalue weighted by Crippen LogP contribution is -2.37. The van der Waals surface area contributed by atoms with E-state index < -0.39 is 0 Å². The largest absolute Gasteiger partial charge is 0.493 e. The summed E-state index contributed by atoms with van der Waals surface area (Å²) in [7, 11) is 1.65. The van der Waals surface area contributed by atoms with Crippen molar-refractivity contribution in [3.05, 3.63) is 23.8 Å². The predicted octanol–water partition coefficient (Wildman–Crippen LogP) is 2.21. The molecule has 0 unspecified atom stereocenters. The Hall–Kier alpha value is -2.35. The summed E-state index contributed by atoms with van der Waals surface area (Å²) in [5, 5.41) is 6.24. The van der Waals surface area contributed by atoms with Gasteiger partial charge in [0.05, 0.1) is 20.3 Å². The lowest BCUT2D eigenvalue weighted by Gasteiger charge is -2.11. The number of ether oxygens (including phenoxy) is 2. The number of nitrogens with one attached hydrogen (secondary N) is 2. The molecular weight excluding hydrogens is 290 g/mol. The van der Waals surface area contributed by atoms with Gasteiger partial charge in [-0.1, -0.05) is 12.0 Å². The van der Waals surface area contributed by atoms with Crippen LogP contribution < -0.4 is 20.1 Å². The molecule has 1 aromatic rings. The highest BCUT2D eigenvalue weighted by molar-refractivity contribution is 5.79. The number of nitrogens with zero attached hydrogens (tertiary/aromatic N) is 1. The predicted molar refractivity (Wildman–Crippen MR) is 95.3 cm³/mol. The summed E-state index contributed by atoms with van der Waals surface area (Å²) in [6.45, 7) is 6.63. The van der Waals surface area contributed by atoms with E-state index in [9.17, 15) is 0 Å². The van der Waals surface area contributed by atoms with Gasteiger partial charge in [0.2, 0.25) is 0 Å². The van der Waals surface area contributed by atoms with Crippen molar-refractivity contribution in [3.8, 4) is 23.8 Å². The highest BCUT2D eigenvalue weighted by Crippen LogP contribution is 2.28. The summed E-state index contributed by atoms with van der Waals surface area (Å²) >= 11 is 0. The van der Waals surface area contributed by atoms with Crippen molar-refractivity contribution in [2.45, 2.75) is 26.7 Å². The fraction of sp³-hybridized carbons (Fsp3) is 0.500. The zero-order chi connectivity index (χ0) is 16.9. The molecule has 0 aromatic heterocycles. The molecule has 5 heteroatoms. The SMILES string of the molecule is C#CCNC(=NCCCc1ccc(OC)c(OCC)c1)NCC. The smallest absolute Gasteiger partial charge is 0.192 e. The first kappa shape index (κ1) is 18.7. The molecule has 126 valence electrons. The minimum absolute atomic E-state index is 0.474. The maximum Gasteiger partial charge on any atom is 0.192 e. The second kappa shape index (κ2) is 11.2. The van der Waals surface area contributed by atoms with Crippen LogP contribution in [-0.4, -0.2) is 39.3 Å². The highest BCUT2D eigenvalue weighted by Gasteiger charge is 2.05. The standard InChI is InChI=1S/C18H27N3O2/c1-5-12-20-18(19-6-2)21-13-8-9-15-10-11-16(22-4)17(14-15)23-7-3/h1,10-11,14H,6-9,12-13H2,2-4H3,(H2,19,20,21). The average molecular weight is 317 g/mol. The summed E-state index contributed by atoms with van der Waals surface area (Å²) < 4.78 is 10.9.